The number of aromatic nitrogens is 2. The molecule has 3 heteroatoms. The van der Waals surface area contributed by atoms with E-state index in [9.17, 15) is 0 Å². The minimum atomic E-state index is 0.207. The summed E-state index contributed by atoms with van der Waals surface area (Å²) >= 11 is 0. The van der Waals surface area contributed by atoms with Gasteiger partial charge in [0.25, 0.3) is 0 Å². The fourth-order valence-corrected chi connectivity index (χ4v) is 3.38. The first-order valence-electron chi connectivity index (χ1n) is 7.72. The maximum absolute atomic E-state index is 6.37. The zero-order valence-electron chi connectivity index (χ0n) is 11.8. The first-order valence-corrected chi connectivity index (χ1v) is 7.72. The molecule has 1 atom stereocenters. The van der Waals surface area contributed by atoms with Gasteiger partial charge in [0.2, 0.25) is 0 Å². The molecule has 2 aliphatic rings. The summed E-state index contributed by atoms with van der Waals surface area (Å²) in [6.07, 6.45) is 6.03. The predicted molar refractivity (Wildman–Crippen MR) is 79.6 cm³/mol. The van der Waals surface area contributed by atoms with Gasteiger partial charge in [-0.15, -0.1) is 0 Å². The zero-order chi connectivity index (χ0) is 13.5. The minimum absolute atomic E-state index is 0.207. The van der Waals surface area contributed by atoms with Gasteiger partial charge in [-0.25, -0.2) is 0 Å². The summed E-state index contributed by atoms with van der Waals surface area (Å²) in [5.41, 5.74) is 11.8. The van der Waals surface area contributed by atoms with Crippen molar-refractivity contribution in [1.82, 2.24) is 9.78 Å². The van der Waals surface area contributed by atoms with Gasteiger partial charge in [0.05, 0.1) is 12.2 Å². The highest BCUT2D eigenvalue weighted by atomic mass is 15.3. The molecule has 2 aromatic rings. The van der Waals surface area contributed by atoms with E-state index in [4.69, 9.17) is 10.8 Å². The molecule has 0 spiro atoms. The summed E-state index contributed by atoms with van der Waals surface area (Å²) in [6.45, 7) is 0.878. The lowest BCUT2D eigenvalue weighted by molar-refractivity contribution is 0.537. The fourth-order valence-electron chi connectivity index (χ4n) is 3.38. The van der Waals surface area contributed by atoms with Crippen molar-refractivity contribution >= 4 is 0 Å². The second-order valence-electron chi connectivity index (χ2n) is 6.16. The Morgan fingerprint density at radius 1 is 1.15 bits per heavy atom. The molecular weight excluding hydrogens is 246 g/mol. The van der Waals surface area contributed by atoms with Crippen molar-refractivity contribution in [2.24, 2.45) is 5.73 Å². The van der Waals surface area contributed by atoms with E-state index in [0.717, 1.165) is 19.4 Å². The molecule has 4 rings (SSSR count). The van der Waals surface area contributed by atoms with Gasteiger partial charge in [-0.3, -0.25) is 4.68 Å². The number of fused-ring (bicyclic) bond motifs is 1. The second kappa shape index (κ2) is 4.74. The number of nitrogens with zero attached hydrogens (tertiary/aromatic N) is 2. The van der Waals surface area contributed by atoms with E-state index in [1.807, 2.05) is 0 Å². The molecule has 0 amide bonds. The minimum Gasteiger partial charge on any atom is -0.324 e. The van der Waals surface area contributed by atoms with Crippen LogP contribution in [0.5, 0.6) is 0 Å². The van der Waals surface area contributed by atoms with E-state index in [1.54, 1.807) is 0 Å². The first kappa shape index (κ1) is 12.2. The SMILES string of the molecule is NC1CCCc2c1c(C1CC1)nn2Cc1ccccc1. The second-order valence-corrected chi connectivity index (χ2v) is 6.16. The van der Waals surface area contributed by atoms with Crippen LogP contribution in [-0.2, 0) is 13.0 Å². The van der Waals surface area contributed by atoms with Gasteiger partial charge in [0.15, 0.2) is 0 Å². The molecule has 1 heterocycles. The maximum Gasteiger partial charge on any atom is 0.0706 e. The first-order chi connectivity index (χ1) is 9.83. The van der Waals surface area contributed by atoms with Crippen LogP contribution in [0.3, 0.4) is 0 Å². The Kier molecular flexibility index (Phi) is 2.88. The van der Waals surface area contributed by atoms with Gasteiger partial charge < -0.3 is 5.73 Å². The van der Waals surface area contributed by atoms with Crippen molar-refractivity contribution in [2.75, 3.05) is 0 Å². The zero-order valence-corrected chi connectivity index (χ0v) is 11.8. The van der Waals surface area contributed by atoms with Crippen LogP contribution < -0.4 is 5.73 Å². The molecule has 0 saturated heterocycles. The Morgan fingerprint density at radius 2 is 1.95 bits per heavy atom. The Labute approximate surface area is 119 Å². The third-order valence-corrected chi connectivity index (χ3v) is 4.57. The van der Waals surface area contributed by atoms with Gasteiger partial charge in [-0.2, -0.15) is 5.10 Å². The molecule has 0 aliphatic heterocycles. The van der Waals surface area contributed by atoms with Crippen molar-refractivity contribution < 1.29 is 0 Å². The molecule has 1 fully saturated rings. The number of nitrogens with two attached hydrogens (primary N) is 1. The monoisotopic (exact) mass is 267 g/mol. The fraction of sp³-hybridized carbons (Fsp3) is 0.471. The highest BCUT2D eigenvalue weighted by Crippen LogP contribution is 2.45. The molecule has 20 heavy (non-hydrogen) atoms. The molecular formula is C17H21N3. The molecule has 2 N–H and O–H groups in total. The van der Waals surface area contributed by atoms with Crippen molar-refractivity contribution in [3.63, 3.8) is 0 Å². The largest absolute Gasteiger partial charge is 0.324 e. The highest BCUT2D eigenvalue weighted by Gasteiger charge is 2.34. The van der Waals surface area contributed by atoms with E-state index < -0.39 is 0 Å². The van der Waals surface area contributed by atoms with Crippen LogP contribution in [0.15, 0.2) is 30.3 Å². The quantitative estimate of drug-likeness (QED) is 0.928. The molecule has 104 valence electrons. The summed E-state index contributed by atoms with van der Waals surface area (Å²) in [7, 11) is 0. The number of hydrogen-bond acceptors (Lipinski definition) is 2. The number of rotatable bonds is 3. The predicted octanol–water partition coefficient (Wildman–Crippen LogP) is 3.14. The molecule has 0 radical (unpaired) electrons. The average molecular weight is 267 g/mol. The lowest BCUT2D eigenvalue weighted by Crippen LogP contribution is -2.19. The van der Waals surface area contributed by atoms with Gasteiger partial charge in [0.1, 0.15) is 0 Å². The molecule has 3 nitrogen and oxygen atoms in total. The van der Waals surface area contributed by atoms with Crippen molar-refractivity contribution in [3.8, 4) is 0 Å². The molecule has 2 aliphatic carbocycles. The summed E-state index contributed by atoms with van der Waals surface area (Å²) < 4.78 is 2.22. The number of benzene rings is 1. The Morgan fingerprint density at radius 3 is 2.70 bits per heavy atom. The molecule has 1 aromatic heterocycles. The van der Waals surface area contributed by atoms with Crippen LogP contribution in [-0.4, -0.2) is 9.78 Å². The van der Waals surface area contributed by atoms with Crippen LogP contribution in [0, 0.1) is 0 Å². The Bertz CT molecular complexity index is 611. The van der Waals surface area contributed by atoms with Crippen LogP contribution in [0.2, 0.25) is 0 Å². The summed E-state index contributed by atoms with van der Waals surface area (Å²) in [5, 5.41) is 4.94. The summed E-state index contributed by atoms with van der Waals surface area (Å²) in [5.74, 6) is 0.685. The number of hydrogen-bond donors (Lipinski definition) is 1. The highest BCUT2D eigenvalue weighted by molar-refractivity contribution is 5.36. The smallest absolute Gasteiger partial charge is 0.0706 e. The van der Waals surface area contributed by atoms with Gasteiger partial charge in [0, 0.05) is 23.2 Å². The van der Waals surface area contributed by atoms with E-state index in [1.165, 1.54) is 41.8 Å². The van der Waals surface area contributed by atoms with Crippen LogP contribution in [0.4, 0.5) is 0 Å². The lowest BCUT2D eigenvalue weighted by atomic mass is 9.90. The van der Waals surface area contributed by atoms with Crippen LogP contribution in [0.1, 0.15) is 60.2 Å². The topological polar surface area (TPSA) is 43.8 Å². The Balaban J connectivity index is 1.74. The Hall–Kier alpha value is -1.61. The van der Waals surface area contributed by atoms with Gasteiger partial charge in [-0.1, -0.05) is 30.3 Å². The van der Waals surface area contributed by atoms with Crippen molar-refractivity contribution in [3.05, 3.63) is 52.8 Å². The standard InChI is InChI=1S/C17H21N3/c18-14-7-4-8-15-16(14)17(13-9-10-13)19-20(15)11-12-5-2-1-3-6-12/h1-3,5-6,13-14H,4,7-11,18H2. The summed E-state index contributed by atoms with van der Waals surface area (Å²) in [4.78, 5) is 0. The van der Waals surface area contributed by atoms with E-state index in [2.05, 4.69) is 35.0 Å². The summed E-state index contributed by atoms with van der Waals surface area (Å²) in [6, 6.07) is 10.8. The average Bonchev–Trinajstić information content (AvgIpc) is 3.24. The van der Waals surface area contributed by atoms with E-state index >= 15 is 0 Å². The van der Waals surface area contributed by atoms with Gasteiger partial charge in [-0.05, 0) is 37.7 Å². The third-order valence-electron chi connectivity index (χ3n) is 4.57. The molecule has 1 aromatic carbocycles. The maximum atomic E-state index is 6.37. The normalized spacial score (nSPS) is 21.8. The van der Waals surface area contributed by atoms with Gasteiger partial charge >= 0.3 is 0 Å². The molecule has 1 saturated carbocycles. The van der Waals surface area contributed by atoms with Crippen molar-refractivity contribution in [2.45, 2.75) is 50.6 Å². The van der Waals surface area contributed by atoms with E-state index in [0.29, 0.717) is 5.92 Å². The third kappa shape index (κ3) is 2.06. The van der Waals surface area contributed by atoms with E-state index in [-0.39, 0.29) is 6.04 Å². The van der Waals surface area contributed by atoms with Crippen molar-refractivity contribution in [1.29, 1.82) is 0 Å². The van der Waals surface area contributed by atoms with Crippen LogP contribution in [0.25, 0.3) is 0 Å². The molecule has 1 unspecified atom stereocenters. The van der Waals surface area contributed by atoms with Crippen LogP contribution >= 0.6 is 0 Å². The lowest BCUT2D eigenvalue weighted by Gasteiger charge is -2.20. The molecule has 0 bridgehead atoms.